The van der Waals surface area contributed by atoms with Gasteiger partial charge in [0.25, 0.3) is 0 Å². The number of hydrogen-bond acceptors (Lipinski definition) is 6. The fourth-order valence-electron chi connectivity index (χ4n) is 2.61. The van der Waals surface area contributed by atoms with Crippen molar-refractivity contribution in [2.45, 2.75) is 27.2 Å². The average molecular weight is 422 g/mol. The Kier molecular flexibility index (Phi) is 8.27. The third-order valence-corrected chi connectivity index (χ3v) is 4.35. The molecule has 8 heteroatoms. The molecule has 0 bridgehead atoms. The van der Waals surface area contributed by atoms with E-state index in [1.807, 2.05) is 13.8 Å². The van der Waals surface area contributed by atoms with Crippen molar-refractivity contribution in [2.24, 2.45) is 0 Å². The number of anilines is 2. The number of nitrogens with one attached hydrogen (secondary N) is 1. The molecule has 0 amide bonds. The van der Waals surface area contributed by atoms with Crippen LogP contribution in [0.1, 0.15) is 25.8 Å². The summed E-state index contributed by atoms with van der Waals surface area (Å²) in [5.41, 5.74) is 1.14. The number of methoxy groups -OCH3 is 1. The van der Waals surface area contributed by atoms with Gasteiger partial charge in [0.05, 0.1) is 24.9 Å². The quantitative estimate of drug-likeness (QED) is 0.383. The Morgan fingerprint density at radius 1 is 1.17 bits per heavy atom. The molecule has 0 aliphatic carbocycles. The minimum Gasteiger partial charge on any atom is -0.508 e. The molecule has 2 aromatic carbocycles. The zero-order chi connectivity index (χ0) is 21.4. The number of fused-ring (bicyclic) bond motifs is 1. The molecule has 0 atom stereocenters. The summed E-state index contributed by atoms with van der Waals surface area (Å²) in [6.07, 6.45) is 2.07. The summed E-state index contributed by atoms with van der Waals surface area (Å²) in [7, 11) is 1.53. The second kappa shape index (κ2) is 10.7. The van der Waals surface area contributed by atoms with Gasteiger partial charge >= 0.3 is 0 Å². The van der Waals surface area contributed by atoms with Crippen LogP contribution in [-0.4, -0.2) is 34.7 Å². The minimum absolute atomic E-state index is 0.00943. The average Bonchev–Trinajstić information content (AvgIpc) is 2.75. The molecular formula is C21H25ClFN3O3. The van der Waals surface area contributed by atoms with Gasteiger partial charge in [0.1, 0.15) is 23.7 Å². The van der Waals surface area contributed by atoms with Crippen LogP contribution < -0.4 is 14.8 Å². The van der Waals surface area contributed by atoms with Gasteiger partial charge in [-0.3, -0.25) is 0 Å². The van der Waals surface area contributed by atoms with E-state index in [0.29, 0.717) is 52.7 Å². The summed E-state index contributed by atoms with van der Waals surface area (Å²) >= 11 is 5.68. The van der Waals surface area contributed by atoms with Crippen LogP contribution in [-0.2, 0) is 0 Å². The summed E-state index contributed by atoms with van der Waals surface area (Å²) in [4.78, 5) is 8.46. The standard InChI is InChI=1S/C19H19ClFN3O3.C2H6/c1-11-15(25)5-4-13(21)18(11)24-19-12-8-16(26-2)17(27-7-3-6-20)9-14(12)22-10-23-19;1-2/h4-5,8-10,25H,3,6-7H2,1-2H3,(H,22,23,24);1-2H3. The second-order valence-corrected chi connectivity index (χ2v) is 6.20. The SMILES string of the molecule is CC.COc1cc2c(Nc3c(F)ccc(O)c3C)ncnc2cc1OCCCCl. The summed E-state index contributed by atoms with van der Waals surface area (Å²) in [5, 5.41) is 13.4. The van der Waals surface area contributed by atoms with Gasteiger partial charge < -0.3 is 19.9 Å². The van der Waals surface area contributed by atoms with Crippen LogP contribution in [0.4, 0.5) is 15.9 Å². The molecule has 3 aromatic rings. The lowest BCUT2D eigenvalue weighted by atomic mass is 10.1. The van der Waals surface area contributed by atoms with Gasteiger partial charge in [-0.2, -0.15) is 0 Å². The van der Waals surface area contributed by atoms with Gasteiger partial charge in [0.2, 0.25) is 0 Å². The van der Waals surface area contributed by atoms with E-state index in [9.17, 15) is 9.50 Å². The van der Waals surface area contributed by atoms with Crippen molar-refractivity contribution >= 4 is 34.0 Å². The maximum absolute atomic E-state index is 14.2. The molecule has 0 aliphatic rings. The van der Waals surface area contributed by atoms with E-state index in [2.05, 4.69) is 15.3 Å². The van der Waals surface area contributed by atoms with E-state index in [1.165, 1.54) is 25.6 Å². The highest BCUT2D eigenvalue weighted by Gasteiger charge is 2.15. The van der Waals surface area contributed by atoms with E-state index in [0.717, 1.165) is 0 Å². The monoisotopic (exact) mass is 421 g/mol. The number of halogens is 2. The number of benzene rings is 2. The predicted octanol–water partition coefficient (Wildman–Crippen LogP) is 5.57. The Hall–Kier alpha value is -2.80. The topological polar surface area (TPSA) is 76.5 Å². The molecule has 1 aromatic heterocycles. The van der Waals surface area contributed by atoms with Gasteiger partial charge in [-0.1, -0.05) is 13.8 Å². The Morgan fingerprint density at radius 3 is 2.62 bits per heavy atom. The zero-order valence-corrected chi connectivity index (χ0v) is 17.7. The van der Waals surface area contributed by atoms with Crippen LogP contribution >= 0.6 is 11.6 Å². The number of aromatic hydroxyl groups is 1. The molecule has 29 heavy (non-hydrogen) atoms. The third kappa shape index (κ3) is 5.17. The molecule has 0 spiro atoms. The molecule has 6 nitrogen and oxygen atoms in total. The molecule has 0 saturated carbocycles. The van der Waals surface area contributed by atoms with Crippen LogP contribution in [0.3, 0.4) is 0 Å². The first-order valence-corrected chi connectivity index (χ1v) is 9.85. The molecule has 0 unspecified atom stereocenters. The van der Waals surface area contributed by atoms with Gasteiger partial charge in [0.15, 0.2) is 11.5 Å². The Labute approximate surface area is 174 Å². The lowest BCUT2D eigenvalue weighted by Crippen LogP contribution is -2.03. The van der Waals surface area contributed by atoms with Gasteiger partial charge in [-0.05, 0) is 31.5 Å². The first kappa shape index (κ1) is 22.5. The molecule has 0 radical (unpaired) electrons. The number of phenolic OH excluding ortho intramolecular Hbond substituents is 1. The first-order chi connectivity index (χ1) is 14.0. The van der Waals surface area contributed by atoms with Crippen molar-refractivity contribution in [2.75, 3.05) is 24.9 Å². The van der Waals surface area contributed by atoms with E-state index >= 15 is 0 Å². The summed E-state index contributed by atoms with van der Waals surface area (Å²) in [6.45, 7) is 6.07. The Balaban J connectivity index is 0.00000145. The Bertz CT molecular complexity index is 970. The van der Waals surface area contributed by atoms with Crippen LogP contribution in [0.2, 0.25) is 0 Å². The van der Waals surface area contributed by atoms with Gasteiger partial charge in [0, 0.05) is 22.9 Å². The lowest BCUT2D eigenvalue weighted by Gasteiger charge is -2.15. The molecule has 3 rings (SSSR count). The fraction of sp³-hybridized carbons (Fsp3) is 0.333. The predicted molar refractivity (Wildman–Crippen MR) is 114 cm³/mol. The molecule has 0 aliphatic heterocycles. The third-order valence-electron chi connectivity index (χ3n) is 4.09. The minimum atomic E-state index is -0.495. The van der Waals surface area contributed by atoms with E-state index in [4.69, 9.17) is 21.1 Å². The highest BCUT2D eigenvalue weighted by molar-refractivity contribution is 6.17. The molecule has 0 fully saturated rings. The van der Waals surface area contributed by atoms with E-state index < -0.39 is 5.82 Å². The maximum atomic E-state index is 14.2. The van der Waals surface area contributed by atoms with Crippen LogP contribution in [0.25, 0.3) is 10.9 Å². The highest BCUT2D eigenvalue weighted by Crippen LogP contribution is 2.36. The summed E-state index contributed by atoms with van der Waals surface area (Å²) < 4.78 is 25.3. The fourth-order valence-corrected chi connectivity index (χ4v) is 2.72. The van der Waals surface area contributed by atoms with Crippen molar-refractivity contribution in [3.8, 4) is 17.2 Å². The lowest BCUT2D eigenvalue weighted by molar-refractivity contribution is 0.295. The normalized spacial score (nSPS) is 10.3. The van der Waals surface area contributed by atoms with Crippen molar-refractivity contribution < 1.29 is 19.0 Å². The second-order valence-electron chi connectivity index (χ2n) is 5.83. The van der Waals surface area contributed by atoms with E-state index in [-0.39, 0.29) is 11.4 Å². The molecule has 156 valence electrons. The number of aromatic nitrogens is 2. The zero-order valence-electron chi connectivity index (χ0n) is 16.9. The van der Waals surface area contributed by atoms with E-state index in [1.54, 1.807) is 19.1 Å². The van der Waals surface area contributed by atoms with Crippen LogP contribution in [0.5, 0.6) is 17.2 Å². The summed E-state index contributed by atoms with van der Waals surface area (Å²) in [5.74, 6) is 1.43. The molecule has 0 saturated heterocycles. The molecule has 1 heterocycles. The number of rotatable bonds is 7. The molecule has 2 N–H and O–H groups in total. The highest BCUT2D eigenvalue weighted by atomic mass is 35.5. The summed E-state index contributed by atoms with van der Waals surface area (Å²) in [6, 6.07) is 5.96. The first-order valence-electron chi connectivity index (χ1n) is 9.31. The number of hydrogen-bond donors (Lipinski definition) is 2. The largest absolute Gasteiger partial charge is 0.508 e. The molecular weight excluding hydrogens is 397 g/mol. The number of alkyl halides is 1. The Morgan fingerprint density at radius 2 is 1.93 bits per heavy atom. The smallest absolute Gasteiger partial charge is 0.163 e. The van der Waals surface area contributed by atoms with Crippen molar-refractivity contribution in [3.63, 3.8) is 0 Å². The van der Waals surface area contributed by atoms with Crippen LogP contribution in [0, 0.1) is 12.7 Å². The number of ether oxygens (including phenoxy) is 2. The van der Waals surface area contributed by atoms with Gasteiger partial charge in [-0.25, -0.2) is 14.4 Å². The number of nitrogens with zero attached hydrogens (tertiary/aromatic N) is 2. The van der Waals surface area contributed by atoms with Crippen molar-refractivity contribution in [3.05, 3.63) is 42.0 Å². The van der Waals surface area contributed by atoms with Crippen LogP contribution in [0.15, 0.2) is 30.6 Å². The van der Waals surface area contributed by atoms with Crippen molar-refractivity contribution in [1.29, 1.82) is 0 Å². The van der Waals surface area contributed by atoms with Gasteiger partial charge in [-0.15, -0.1) is 11.6 Å². The van der Waals surface area contributed by atoms with Crippen molar-refractivity contribution in [1.82, 2.24) is 9.97 Å². The maximum Gasteiger partial charge on any atom is 0.163 e. The number of phenols is 1.